The van der Waals surface area contributed by atoms with Crippen molar-refractivity contribution in [3.8, 4) is 0 Å². The third kappa shape index (κ3) is 4.47. The Morgan fingerprint density at radius 2 is 1.83 bits per heavy atom. The van der Waals surface area contributed by atoms with Crippen molar-refractivity contribution in [1.82, 2.24) is 14.7 Å². The first kappa shape index (κ1) is 22.1. The fraction of sp³-hybridized carbons (Fsp3) is 0.545. The molecule has 3 saturated carbocycles. The van der Waals surface area contributed by atoms with Crippen molar-refractivity contribution < 1.29 is 4.79 Å². The largest absolute Gasteiger partial charge is 0.319 e. The topological polar surface area (TPSA) is 50.2 Å². The quantitative estimate of drug-likeness (QED) is 0.708. The molecule has 0 aliphatic heterocycles. The first-order chi connectivity index (χ1) is 13.2. The Hall–Kier alpha value is -1.56. The van der Waals surface area contributed by atoms with Crippen LogP contribution < -0.4 is 5.32 Å². The molecule has 0 radical (unpaired) electrons. The van der Waals surface area contributed by atoms with E-state index >= 15 is 0 Å². The number of nitrogens with zero attached hydrogens (tertiary/aromatic N) is 3. The maximum Gasteiger partial charge on any atom is 0.255 e. The molecule has 1 aromatic heterocycles. The minimum absolute atomic E-state index is 0. The Balaban J connectivity index is 0.00000120. The van der Waals surface area contributed by atoms with Gasteiger partial charge >= 0.3 is 0 Å². The van der Waals surface area contributed by atoms with E-state index in [9.17, 15) is 4.79 Å². The Bertz CT molecular complexity index is 833. The van der Waals surface area contributed by atoms with Gasteiger partial charge in [0.25, 0.3) is 5.91 Å². The van der Waals surface area contributed by atoms with Gasteiger partial charge in [-0.05, 0) is 49.8 Å². The smallest absolute Gasteiger partial charge is 0.255 e. The van der Waals surface area contributed by atoms with E-state index in [0.29, 0.717) is 12.0 Å². The summed E-state index contributed by atoms with van der Waals surface area (Å²) in [4.78, 5) is 15.5. The minimum Gasteiger partial charge on any atom is -0.319 e. The van der Waals surface area contributed by atoms with E-state index in [1.54, 1.807) is 10.9 Å². The van der Waals surface area contributed by atoms with E-state index in [-0.39, 0.29) is 30.7 Å². The molecular formula is C22H30Cl2N4O. The van der Waals surface area contributed by atoms with Crippen LogP contribution in [0.15, 0.2) is 36.7 Å². The molecular weight excluding hydrogens is 407 g/mol. The van der Waals surface area contributed by atoms with Gasteiger partial charge in [0.2, 0.25) is 0 Å². The van der Waals surface area contributed by atoms with Crippen LogP contribution in [-0.2, 0) is 7.05 Å². The highest BCUT2D eigenvalue weighted by Crippen LogP contribution is 2.50. The number of amides is 1. The van der Waals surface area contributed by atoms with Gasteiger partial charge in [-0.2, -0.15) is 5.10 Å². The molecule has 1 heterocycles. The number of halogens is 2. The first-order valence-electron chi connectivity index (χ1n) is 10.4. The van der Waals surface area contributed by atoms with Crippen LogP contribution in [0.3, 0.4) is 0 Å². The molecule has 1 amide bonds. The van der Waals surface area contributed by atoms with E-state index in [1.807, 2.05) is 25.4 Å². The van der Waals surface area contributed by atoms with Crippen LogP contribution in [-0.4, -0.2) is 38.7 Å². The third-order valence-electron chi connectivity index (χ3n) is 6.67. The van der Waals surface area contributed by atoms with Crippen LogP contribution in [0.25, 0.3) is 0 Å². The van der Waals surface area contributed by atoms with Crippen molar-refractivity contribution in [2.45, 2.75) is 69.0 Å². The van der Waals surface area contributed by atoms with Gasteiger partial charge in [0, 0.05) is 42.9 Å². The van der Waals surface area contributed by atoms with E-state index in [1.165, 1.54) is 50.5 Å². The fourth-order valence-electron chi connectivity index (χ4n) is 4.68. The van der Waals surface area contributed by atoms with Gasteiger partial charge in [0.05, 0.1) is 11.9 Å². The van der Waals surface area contributed by atoms with Crippen LogP contribution in [0.1, 0.15) is 66.8 Å². The molecule has 0 bridgehead atoms. The normalized spacial score (nSPS) is 23.4. The number of aryl methyl sites for hydroxylation is 1. The number of hydrogen-bond donors (Lipinski definition) is 1. The zero-order valence-electron chi connectivity index (χ0n) is 16.8. The Labute approximate surface area is 185 Å². The molecule has 1 N–H and O–H groups in total. The highest BCUT2D eigenvalue weighted by Gasteiger charge is 2.49. The van der Waals surface area contributed by atoms with Crippen LogP contribution >= 0.6 is 24.8 Å². The molecule has 2 aromatic rings. The summed E-state index contributed by atoms with van der Waals surface area (Å²) in [5, 5.41) is 7.04. The van der Waals surface area contributed by atoms with Crippen molar-refractivity contribution in [2.75, 3.05) is 5.32 Å². The molecule has 0 unspecified atom stereocenters. The van der Waals surface area contributed by atoms with Crippen LogP contribution in [0.2, 0.25) is 0 Å². The maximum absolute atomic E-state index is 12.6. The number of carbonyl (C=O) groups excluding carboxylic acids is 1. The van der Waals surface area contributed by atoms with Crippen LogP contribution in [0.5, 0.6) is 0 Å². The van der Waals surface area contributed by atoms with Gasteiger partial charge in [-0.1, -0.05) is 25.0 Å². The predicted molar refractivity (Wildman–Crippen MR) is 120 cm³/mol. The lowest BCUT2D eigenvalue weighted by atomic mass is 9.84. The number of nitrogens with one attached hydrogen (secondary N) is 1. The van der Waals surface area contributed by atoms with Crippen molar-refractivity contribution in [2.24, 2.45) is 7.05 Å². The lowest BCUT2D eigenvalue weighted by Gasteiger charge is -2.47. The van der Waals surface area contributed by atoms with Crippen LogP contribution in [0.4, 0.5) is 5.69 Å². The number of benzene rings is 1. The summed E-state index contributed by atoms with van der Waals surface area (Å²) in [6.45, 7) is 0. The monoisotopic (exact) mass is 436 g/mol. The van der Waals surface area contributed by atoms with Gasteiger partial charge in [-0.3, -0.25) is 14.4 Å². The van der Waals surface area contributed by atoms with Gasteiger partial charge in [-0.25, -0.2) is 0 Å². The highest BCUT2D eigenvalue weighted by molar-refractivity contribution is 6.04. The van der Waals surface area contributed by atoms with Gasteiger partial charge < -0.3 is 5.32 Å². The second-order valence-corrected chi connectivity index (χ2v) is 8.51. The second kappa shape index (κ2) is 9.07. The zero-order chi connectivity index (χ0) is 18.4. The van der Waals surface area contributed by atoms with E-state index in [2.05, 4.69) is 27.4 Å². The Morgan fingerprint density at radius 3 is 2.38 bits per heavy atom. The Morgan fingerprint density at radius 1 is 1.14 bits per heavy atom. The van der Waals surface area contributed by atoms with Crippen molar-refractivity contribution >= 4 is 36.4 Å². The second-order valence-electron chi connectivity index (χ2n) is 8.51. The molecule has 3 aliphatic rings. The summed E-state index contributed by atoms with van der Waals surface area (Å²) >= 11 is 0. The molecule has 5 rings (SSSR count). The lowest BCUT2D eigenvalue weighted by Crippen LogP contribution is -2.51. The van der Waals surface area contributed by atoms with Gasteiger partial charge in [-0.15, -0.1) is 24.8 Å². The molecule has 29 heavy (non-hydrogen) atoms. The summed E-state index contributed by atoms with van der Waals surface area (Å²) in [7, 11) is 1.85. The minimum atomic E-state index is -0.0584. The lowest BCUT2D eigenvalue weighted by molar-refractivity contribution is 0.0311. The standard InChI is InChI=1S/C22H28N4O.2ClH/c1-25-14-17(13-23-25)24-22(27)16-6-2-5-15(11-16)20-12-21(20)26(18-7-3-8-18)19-9-4-10-19;;/h2,5-6,11,13-14,18-21H,3-4,7-10,12H2,1H3,(H,24,27);2*1H/t20-,21+;;/m0../s1. The average Bonchev–Trinajstić information content (AvgIpc) is 3.27. The fourth-order valence-corrected chi connectivity index (χ4v) is 4.68. The zero-order valence-corrected chi connectivity index (χ0v) is 18.4. The Kier molecular flexibility index (Phi) is 6.92. The predicted octanol–water partition coefficient (Wildman–Crippen LogP) is 4.78. The number of anilines is 1. The van der Waals surface area contributed by atoms with Gasteiger partial charge in [0.1, 0.15) is 0 Å². The summed E-state index contributed by atoms with van der Waals surface area (Å²) in [5.41, 5.74) is 2.79. The number of hydrogen-bond acceptors (Lipinski definition) is 3. The number of carbonyl (C=O) groups is 1. The molecule has 5 nitrogen and oxygen atoms in total. The molecule has 0 spiro atoms. The molecule has 1 aromatic carbocycles. The number of aromatic nitrogens is 2. The maximum atomic E-state index is 12.6. The number of rotatable bonds is 6. The van der Waals surface area contributed by atoms with Crippen molar-refractivity contribution in [1.29, 1.82) is 0 Å². The highest BCUT2D eigenvalue weighted by atomic mass is 35.5. The van der Waals surface area contributed by atoms with Crippen LogP contribution in [0, 0.1) is 0 Å². The summed E-state index contributed by atoms with van der Waals surface area (Å²) in [5.74, 6) is 0.536. The van der Waals surface area contributed by atoms with Gasteiger partial charge in [0.15, 0.2) is 0 Å². The van der Waals surface area contributed by atoms with E-state index in [4.69, 9.17) is 0 Å². The van der Waals surface area contributed by atoms with Crippen molar-refractivity contribution in [3.05, 3.63) is 47.8 Å². The van der Waals surface area contributed by atoms with E-state index in [0.717, 1.165) is 23.3 Å². The average molecular weight is 437 g/mol. The molecule has 158 valence electrons. The van der Waals surface area contributed by atoms with E-state index < -0.39 is 0 Å². The summed E-state index contributed by atoms with van der Waals surface area (Å²) in [6, 6.07) is 10.6. The molecule has 7 heteroatoms. The van der Waals surface area contributed by atoms with Crippen molar-refractivity contribution in [3.63, 3.8) is 0 Å². The first-order valence-corrected chi connectivity index (χ1v) is 10.4. The molecule has 0 saturated heterocycles. The molecule has 3 aliphatic carbocycles. The third-order valence-corrected chi connectivity index (χ3v) is 6.67. The molecule has 3 fully saturated rings. The molecule has 2 atom stereocenters. The summed E-state index contributed by atoms with van der Waals surface area (Å²) < 4.78 is 1.69. The summed E-state index contributed by atoms with van der Waals surface area (Å²) in [6.07, 6.45) is 13.1. The SMILES string of the molecule is Cl.Cl.Cn1cc(NC(=O)c2cccc([C@@H]3C[C@H]3N(C3CCC3)C3CCC3)c2)cn1.